The third-order valence-electron chi connectivity index (χ3n) is 5.26. The Morgan fingerprint density at radius 1 is 0.742 bits per heavy atom. The molecule has 4 rings (SSSR count). The van der Waals surface area contributed by atoms with Crippen LogP contribution in [0.2, 0.25) is 0 Å². The van der Waals surface area contributed by atoms with Crippen LogP contribution in [0, 0.1) is 0 Å². The van der Waals surface area contributed by atoms with Gasteiger partial charge in [-0.3, -0.25) is 4.79 Å². The standard InChI is InChI=1S/C27H27NO3/c1-3-30-18-20-9-8-12-23(15-20)28-25-14-13-21(19-31-4-2)16-24(25)27(29)17-26(28)22-10-6-5-7-11-22/h5-17H,3-4,18-19H2,1-2H3. The molecule has 0 amide bonds. The molecule has 0 unspecified atom stereocenters. The van der Waals surface area contributed by atoms with Gasteiger partial charge in [-0.15, -0.1) is 0 Å². The van der Waals surface area contributed by atoms with Crippen LogP contribution in [0.15, 0.2) is 83.7 Å². The monoisotopic (exact) mass is 413 g/mol. The molecule has 158 valence electrons. The summed E-state index contributed by atoms with van der Waals surface area (Å²) in [5, 5.41) is 0.687. The van der Waals surface area contributed by atoms with Gasteiger partial charge in [-0.25, -0.2) is 0 Å². The first-order valence-corrected chi connectivity index (χ1v) is 10.7. The molecule has 0 radical (unpaired) electrons. The summed E-state index contributed by atoms with van der Waals surface area (Å²) in [6, 6.07) is 26.1. The number of hydrogen-bond acceptors (Lipinski definition) is 3. The molecule has 4 nitrogen and oxygen atoms in total. The summed E-state index contributed by atoms with van der Waals surface area (Å²) in [7, 11) is 0. The van der Waals surface area contributed by atoms with Crippen LogP contribution < -0.4 is 5.43 Å². The number of benzene rings is 3. The molecule has 0 aliphatic carbocycles. The number of nitrogens with zero attached hydrogens (tertiary/aromatic N) is 1. The lowest BCUT2D eigenvalue weighted by Gasteiger charge is -2.19. The molecule has 0 spiro atoms. The first-order chi connectivity index (χ1) is 15.2. The first kappa shape index (κ1) is 21.0. The van der Waals surface area contributed by atoms with E-state index in [0.717, 1.165) is 33.6 Å². The van der Waals surface area contributed by atoms with Gasteiger partial charge in [-0.2, -0.15) is 0 Å². The molecular weight excluding hydrogens is 386 g/mol. The Kier molecular flexibility index (Phi) is 6.60. The Labute approximate surface area is 182 Å². The first-order valence-electron chi connectivity index (χ1n) is 10.7. The maximum atomic E-state index is 13.1. The van der Waals surface area contributed by atoms with Crippen LogP contribution in [-0.2, 0) is 22.7 Å². The third kappa shape index (κ3) is 4.61. The lowest BCUT2D eigenvalue weighted by Crippen LogP contribution is -2.11. The summed E-state index contributed by atoms with van der Waals surface area (Å²) in [6.07, 6.45) is 0. The van der Waals surface area contributed by atoms with Crippen molar-refractivity contribution in [2.75, 3.05) is 13.2 Å². The van der Waals surface area contributed by atoms with Gasteiger partial charge in [0, 0.05) is 30.4 Å². The Bertz CT molecular complexity index is 1230. The van der Waals surface area contributed by atoms with Crippen LogP contribution in [-0.4, -0.2) is 17.8 Å². The second-order valence-corrected chi connectivity index (χ2v) is 7.39. The van der Waals surface area contributed by atoms with Gasteiger partial charge in [-0.1, -0.05) is 48.5 Å². The fraction of sp³-hybridized carbons (Fsp3) is 0.222. The number of hydrogen-bond donors (Lipinski definition) is 0. The summed E-state index contributed by atoms with van der Waals surface area (Å²) in [4.78, 5) is 13.1. The second kappa shape index (κ2) is 9.73. The van der Waals surface area contributed by atoms with E-state index in [0.29, 0.717) is 31.8 Å². The van der Waals surface area contributed by atoms with Crippen molar-refractivity contribution in [1.82, 2.24) is 4.57 Å². The average Bonchev–Trinajstić information content (AvgIpc) is 2.82. The smallest absolute Gasteiger partial charge is 0.190 e. The Balaban J connectivity index is 1.96. The molecule has 1 heterocycles. The van der Waals surface area contributed by atoms with E-state index in [9.17, 15) is 4.79 Å². The zero-order valence-corrected chi connectivity index (χ0v) is 18.0. The van der Waals surface area contributed by atoms with Crippen molar-refractivity contribution in [2.45, 2.75) is 27.1 Å². The van der Waals surface area contributed by atoms with Gasteiger partial charge < -0.3 is 14.0 Å². The largest absolute Gasteiger partial charge is 0.377 e. The minimum absolute atomic E-state index is 0.00826. The van der Waals surface area contributed by atoms with Crippen molar-refractivity contribution in [3.05, 3.63) is 100 Å². The highest BCUT2D eigenvalue weighted by Gasteiger charge is 2.14. The van der Waals surface area contributed by atoms with Gasteiger partial charge >= 0.3 is 0 Å². The molecule has 4 aromatic rings. The quantitative estimate of drug-likeness (QED) is 0.370. The molecule has 0 fully saturated rings. The van der Waals surface area contributed by atoms with Crippen molar-refractivity contribution in [3.63, 3.8) is 0 Å². The molecule has 0 atom stereocenters. The highest BCUT2D eigenvalue weighted by Crippen LogP contribution is 2.28. The SMILES string of the molecule is CCOCc1cccc(-n2c(-c3ccccc3)cc(=O)c3cc(COCC)ccc32)c1. The topological polar surface area (TPSA) is 40.5 Å². The maximum Gasteiger partial charge on any atom is 0.190 e. The van der Waals surface area contributed by atoms with Crippen LogP contribution in [0.1, 0.15) is 25.0 Å². The zero-order chi connectivity index (χ0) is 21.6. The summed E-state index contributed by atoms with van der Waals surface area (Å²) in [6.45, 7) is 6.32. The van der Waals surface area contributed by atoms with Crippen molar-refractivity contribution in [2.24, 2.45) is 0 Å². The van der Waals surface area contributed by atoms with Gasteiger partial charge in [0.25, 0.3) is 0 Å². The number of rotatable bonds is 8. The van der Waals surface area contributed by atoms with E-state index >= 15 is 0 Å². The van der Waals surface area contributed by atoms with E-state index in [1.165, 1.54) is 0 Å². The molecule has 0 saturated heterocycles. The molecule has 0 aliphatic rings. The minimum Gasteiger partial charge on any atom is -0.377 e. The molecule has 1 aromatic heterocycles. The van der Waals surface area contributed by atoms with Crippen molar-refractivity contribution < 1.29 is 9.47 Å². The number of fused-ring (bicyclic) bond motifs is 1. The fourth-order valence-electron chi connectivity index (χ4n) is 3.79. The van der Waals surface area contributed by atoms with E-state index in [-0.39, 0.29) is 5.43 Å². The molecule has 0 aliphatic heterocycles. The predicted molar refractivity (Wildman–Crippen MR) is 126 cm³/mol. The molecule has 0 saturated carbocycles. The number of ether oxygens (including phenoxy) is 2. The Morgan fingerprint density at radius 3 is 2.16 bits per heavy atom. The summed E-state index contributed by atoms with van der Waals surface area (Å²) >= 11 is 0. The molecule has 3 aromatic carbocycles. The van der Waals surface area contributed by atoms with E-state index in [4.69, 9.17) is 9.47 Å². The van der Waals surface area contributed by atoms with Crippen LogP contribution in [0.4, 0.5) is 0 Å². The highest BCUT2D eigenvalue weighted by molar-refractivity contribution is 5.85. The molecule has 0 N–H and O–H groups in total. The van der Waals surface area contributed by atoms with E-state index in [2.05, 4.69) is 22.8 Å². The van der Waals surface area contributed by atoms with Crippen LogP contribution >= 0.6 is 0 Å². The summed E-state index contributed by atoms with van der Waals surface area (Å²) in [5.41, 5.74) is 5.83. The zero-order valence-electron chi connectivity index (χ0n) is 18.0. The maximum absolute atomic E-state index is 13.1. The highest BCUT2D eigenvalue weighted by atomic mass is 16.5. The lowest BCUT2D eigenvalue weighted by molar-refractivity contribution is 0.134. The summed E-state index contributed by atoms with van der Waals surface area (Å²) in [5.74, 6) is 0. The fourth-order valence-corrected chi connectivity index (χ4v) is 3.79. The lowest BCUT2D eigenvalue weighted by atomic mass is 10.0. The van der Waals surface area contributed by atoms with E-state index < -0.39 is 0 Å². The average molecular weight is 414 g/mol. The van der Waals surface area contributed by atoms with Crippen LogP contribution in [0.5, 0.6) is 0 Å². The number of pyridine rings is 1. The molecule has 4 heteroatoms. The minimum atomic E-state index is 0.00826. The number of aromatic nitrogens is 1. The van der Waals surface area contributed by atoms with Crippen molar-refractivity contribution >= 4 is 10.9 Å². The van der Waals surface area contributed by atoms with Crippen LogP contribution in [0.3, 0.4) is 0 Å². The third-order valence-corrected chi connectivity index (χ3v) is 5.26. The van der Waals surface area contributed by atoms with Gasteiger partial charge in [0.1, 0.15) is 0 Å². The van der Waals surface area contributed by atoms with Crippen LogP contribution in [0.25, 0.3) is 27.8 Å². The molecular formula is C27H27NO3. The molecule has 0 bridgehead atoms. The van der Waals surface area contributed by atoms with Gasteiger partial charge in [0.15, 0.2) is 5.43 Å². The Morgan fingerprint density at radius 2 is 1.45 bits per heavy atom. The van der Waals surface area contributed by atoms with Gasteiger partial charge in [-0.05, 0) is 54.8 Å². The molecule has 31 heavy (non-hydrogen) atoms. The van der Waals surface area contributed by atoms with Gasteiger partial charge in [0.05, 0.1) is 24.4 Å². The Hall–Kier alpha value is -3.21. The normalized spacial score (nSPS) is 11.2. The van der Waals surface area contributed by atoms with E-state index in [1.54, 1.807) is 6.07 Å². The van der Waals surface area contributed by atoms with E-state index in [1.807, 2.05) is 68.4 Å². The second-order valence-electron chi connectivity index (χ2n) is 7.39. The van der Waals surface area contributed by atoms with Crippen molar-refractivity contribution in [3.8, 4) is 16.9 Å². The predicted octanol–water partition coefficient (Wildman–Crippen LogP) is 5.73. The summed E-state index contributed by atoms with van der Waals surface area (Å²) < 4.78 is 13.3. The van der Waals surface area contributed by atoms with Crippen molar-refractivity contribution in [1.29, 1.82) is 0 Å². The van der Waals surface area contributed by atoms with Gasteiger partial charge in [0.2, 0.25) is 0 Å².